The van der Waals surface area contributed by atoms with E-state index in [1.54, 1.807) is 13.8 Å². The number of ether oxygens (including phenoxy) is 2. The van der Waals surface area contributed by atoms with Gasteiger partial charge in [0.2, 0.25) is 5.91 Å². The zero-order valence-corrected chi connectivity index (χ0v) is 23.5. The molecule has 10 atom stereocenters. The second-order valence-corrected chi connectivity index (χ2v) is 13.8. The normalized spacial score (nSPS) is 44.0. The maximum atomic E-state index is 11.6. The van der Waals surface area contributed by atoms with Gasteiger partial charge in [0.05, 0.1) is 5.76 Å². The molecule has 4 aliphatic carbocycles. The van der Waals surface area contributed by atoms with Crippen LogP contribution in [0.3, 0.4) is 0 Å². The van der Waals surface area contributed by atoms with Crippen LogP contribution in [0.25, 0.3) is 0 Å². The lowest BCUT2D eigenvalue weighted by atomic mass is 9.44. The average molecular weight is 500 g/mol. The summed E-state index contributed by atoms with van der Waals surface area (Å²) in [5, 5.41) is 2.96. The molecule has 5 heteroatoms. The van der Waals surface area contributed by atoms with Crippen LogP contribution in [0.4, 0.5) is 0 Å². The van der Waals surface area contributed by atoms with Gasteiger partial charge in [-0.15, -0.1) is 0 Å². The Kier molecular flexibility index (Phi) is 7.00. The van der Waals surface area contributed by atoms with E-state index in [0.717, 1.165) is 50.0 Å². The minimum Gasteiger partial charge on any atom is -0.494 e. The molecule has 1 amide bonds. The van der Waals surface area contributed by atoms with Crippen molar-refractivity contribution in [3.8, 4) is 0 Å². The summed E-state index contributed by atoms with van der Waals surface area (Å²) in [7, 11) is 0. The molecule has 0 bridgehead atoms. The van der Waals surface area contributed by atoms with Gasteiger partial charge in [-0.1, -0.05) is 20.8 Å². The predicted octanol–water partition coefficient (Wildman–Crippen LogP) is 6.41. The van der Waals surface area contributed by atoms with Gasteiger partial charge in [-0.05, 0) is 111 Å². The maximum Gasteiger partial charge on any atom is 0.302 e. The molecule has 1 aliphatic heterocycles. The SMILES string of the molecule is CC(=O)NC[C@H](C)CCC1=C(C)[C@@H]2[C@H](C[C@@H]3[C@@H]4CC[C@H]5C[C@@H](OC(C)=O)CC[C@]5(C)[C@@H]4CC[C@@]32C)O1. The van der Waals surface area contributed by atoms with Crippen molar-refractivity contribution in [2.45, 2.75) is 118 Å². The van der Waals surface area contributed by atoms with Gasteiger partial charge in [0.1, 0.15) is 12.2 Å². The number of hydrogen-bond donors (Lipinski definition) is 1. The van der Waals surface area contributed by atoms with Crippen molar-refractivity contribution < 1.29 is 19.1 Å². The van der Waals surface area contributed by atoms with Crippen LogP contribution in [0, 0.1) is 46.3 Å². The lowest BCUT2D eigenvalue weighted by molar-refractivity contribution is -0.159. The molecule has 4 saturated carbocycles. The van der Waals surface area contributed by atoms with Crippen molar-refractivity contribution >= 4 is 11.9 Å². The average Bonchev–Trinajstić information content (AvgIpc) is 3.29. The summed E-state index contributed by atoms with van der Waals surface area (Å²) in [6.45, 7) is 13.6. The number of fused-ring (bicyclic) bond motifs is 7. The van der Waals surface area contributed by atoms with Gasteiger partial charge in [0.25, 0.3) is 0 Å². The van der Waals surface area contributed by atoms with Gasteiger partial charge in [-0.2, -0.15) is 0 Å². The molecule has 0 radical (unpaired) electrons. The number of nitrogens with one attached hydrogen (secondary N) is 1. The Morgan fingerprint density at radius 2 is 1.81 bits per heavy atom. The first-order chi connectivity index (χ1) is 17.0. The fourth-order valence-electron chi connectivity index (χ4n) is 9.94. The smallest absolute Gasteiger partial charge is 0.302 e. The van der Waals surface area contributed by atoms with E-state index in [-0.39, 0.29) is 18.0 Å². The lowest BCUT2D eigenvalue weighted by Crippen LogP contribution is -2.54. The van der Waals surface area contributed by atoms with Crippen LogP contribution in [-0.4, -0.2) is 30.6 Å². The fourth-order valence-corrected chi connectivity index (χ4v) is 9.94. The van der Waals surface area contributed by atoms with Crippen molar-refractivity contribution in [3.05, 3.63) is 11.3 Å². The van der Waals surface area contributed by atoms with E-state index in [0.29, 0.717) is 34.7 Å². The molecule has 4 fully saturated rings. The summed E-state index contributed by atoms with van der Waals surface area (Å²) in [5.74, 6) is 5.32. The van der Waals surface area contributed by atoms with E-state index in [1.807, 2.05) is 0 Å². The highest BCUT2D eigenvalue weighted by Gasteiger charge is 2.64. The molecule has 5 rings (SSSR count). The van der Waals surface area contributed by atoms with Gasteiger partial charge >= 0.3 is 5.97 Å². The quantitative estimate of drug-likeness (QED) is 0.429. The summed E-state index contributed by atoms with van der Waals surface area (Å²) in [4.78, 5) is 22.8. The number of amides is 1. The number of rotatable bonds is 6. The summed E-state index contributed by atoms with van der Waals surface area (Å²) < 4.78 is 12.4. The van der Waals surface area contributed by atoms with Crippen molar-refractivity contribution in [2.75, 3.05) is 6.54 Å². The van der Waals surface area contributed by atoms with Gasteiger partial charge in [0, 0.05) is 32.7 Å². The highest BCUT2D eigenvalue weighted by molar-refractivity contribution is 5.72. The molecule has 5 nitrogen and oxygen atoms in total. The number of carbonyl (C=O) groups is 2. The van der Waals surface area contributed by atoms with Crippen molar-refractivity contribution in [2.24, 2.45) is 46.3 Å². The first-order valence-corrected chi connectivity index (χ1v) is 14.8. The van der Waals surface area contributed by atoms with Crippen LogP contribution < -0.4 is 5.32 Å². The molecule has 1 N–H and O–H groups in total. The largest absolute Gasteiger partial charge is 0.494 e. The maximum absolute atomic E-state index is 11.6. The fraction of sp³-hybridized carbons (Fsp3) is 0.871. The molecule has 0 aromatic rings. The van der Waals surface area contributed by atoms with E-state index in [2.05, 4.69) is 33.0 Å². The molecule has 36 heavy (non-hydrogen) atoms. The van der Waals surface area contributed by atoms with Gasteiger partial charge < -0.3 is 14.8 Å². The molecule has 0 aromatic heterocycles. The Hall–Kier alpha value is -1.52. The van der Waals surface area contributed by atoms with Crippen LogP contribution in [0.1, 0.15) is 106 Å². The zero-order chi connectivity index (χ0) is 25.8. The highest BCUT2D eigenvalue weighted by atomic mass is 16.5. The molecule has 0 aromatic carbocycles. The summed E-state index contributed by atoms with van der Waals surface area (Å²) in [6, 6.07) is 0. The third-order valence-corrected chi connectivity index (χ3v) is 11.7. The van der Waals surface area contributed by atoms with Crippen molar-refractivity contribution in [1.82, 2.24) is 5.32 Å². The number of carbonyl (C=O) groups excluding carboxylic acids is 2. The van der Waals surface area contributed by atoms with E-state index in [4.69, 9.17) is 9.47 Å². The van der Waals surface area contributed by atoms with Crippen LogP contribution >= 0.6 is 0 Å². The standard InChI is InChI=1S/C31H49NO4/c1-18(17-32-20(3)33)7-10-27-19(2)29-28(36-27)16-26-24-9-8-22-15-23(35-21(4)34)11-13-30(22,5)25(24)12-14-31(26,29)6/h18,22-26,28-29H,7-17H2,1-6H3,(H,32,33)/t18-,22+,23+,24-,25-,26-,28+,29-,30+,31+/m1/s1. The van der Waals surface area contributed by atoms with Crippen LogP contribution in [0.15, 0.2) is 11.3 Å². The molecule has 5 aliphatic rings. The Bertz CT molecular complexity index is 912. The van der Waals surface area contributed by atoms with Crippen LogP contribution in [-0.2, 0) is 19.1 Å². The second kappa shape index (κ2) is 9.66. The lowest BCUT2D eigenvalue weighted by Gasteiger charge is -2.61. The van der Waals surface area contributed by atoms with Crippen molar-refractivity contribution in [3.63, 3.8) is 0 Å². The third-order valence-electron chi connectivity index (χ3n) is 11.7. The Labute approximate surface area is 218 Å². The third kappa shape index (κ3) is 4.41. The highest BCUT2D eigenvalue weighted by Crippen LogP contribution is 2.69. The molecule has 1 heterocycles. The summed E-state index contributed by atoms with van der Waals surface area (Å²) in [6.07, 6.45) is 12.4. The zero-order valence-electron chi connectivity index (χ0n) is 23.5. The van der Waals surface area contributed by atoms with E-state index < -0.39 is 0 Å². The summed E-state index contributed by atoms with van der Waals surface area (Å²) in [5.41, 5.74) is 2.29. The number of hydrogen-bond acceptors (Lipinski definition) is 4. The molecular formula is C31H49NO4. The minimum absolute atomic E-state index is 0.0544. The second-order valence-electron chi connectivity index (χ2n) is 13.8. The van der Waals surface area contributed by atoms with Gasteiger partial charge in [-0.25, -0.2) is 0 Å². The van der Waals surface area contributed by atoms with E-state index >= 15 is 0 Å². The minimum atomic E-state index is -0.117. The van der Waals surface area contributed by atoms with E-state index in [9.17, 15) is 9.59 Å². The molecular weight excluding hydrogens is 450 g/mol. The molecule has 0 unspecified atom stereocenters. The topological polar surface area (TPSA) is 64.6 Å². The Balaban J connectivity index is 1.26. The predicted molar refractivity (Wildman–Crippen MR) is 141 cm³/mol. The van der Waals surface area contributed by atoms with E-state index in [1.165, 1.54) is 49.9 Å². The first-order valence-electron chi connectivity index (χ1n) is 14.8. The van der Waals surface area contributed by atoms with Crippen molar-refractivity contribution in [1.29, 1.82) is 0 Å². The Morgan fingerprint density at radius 1 is 1.06 bits per heavy atom. The van der Waals surface area contributed by atoms with Gasteiger partial charge in [0.15, 0.2) is 0 Å². The summed E-state index contributed by atoms with van der Waals surface area (Å²) >= 11 is 0. The molecule has 0 spiro atoms. The van der Waals surface area contributed by atoms with Crippen LogP contribution in [0.2, 0.25) is 0 Å². The number of esters is 1. The Morgan fingerprint density at radius 3 is 2.53 bits per heavy atom. The number of allylic oxidation sites excluding steroid dienone is 1. The molecule has 0 saturated heterocycles. The first kappa shape index (κ1) is 26.1. The van der Waals surface area contributed by atoms with Crippen LogP contribution in [0.5, 0.6) is 0 Å². The van der Waals surface area contributed by atoms with Gasteiger partial charge in [-0.3, -0.25) is 9.59 Å². The monoisotopic (exact) mass is 499 g/mol. The molecule has 202 valence electrons.